The van der Waals surface area contributed by atoms with Crippen LogP contribution in [0.25, 0.3) is 10.2 Å². The topological polar surface area (TPSA) is 63.8 Å². The number of hydrogen-bond donors (Lipinski definition) is 2. The van der Waals surface area contributed by atoms with Crippen LogP contribution in [0, 0.1) is 0 Å². The Kier molecular flexibility index (Phi) is 3.98. The maximum Gasteiger partial charge on any atom is 0.223 e. The highest BCUT2D eigenvalue weighted by Crippen LogP contribution is 2.31. The van der Waals surface area contributed by atoms with Crippen molar-refractivity contribution in [3.05, 3.63) is 35.2 Å². The van der Waals surface area contributed by atoms with Crippen LogP contribution in [0.4, 0.5) is 17.5 Å². The largest absolute Gasteiger partial charge is 0.368 e. The van der Waals surface area contributed by atoms with Gasteiger partial charge in [0, 0.05) is 15.5 Å². The number of aromatic nitrogens is 2. The summed E-state index contributed by atoms with van der Waals surface area (Å²) in [6, 6.07) is 10.4. The lowest BCUT2D eigenvalue weighted by molar-refractivity contribution is 1.19. The lowest BCUT2D eigenvalue weighted by Gasteiger charge is -2.08. The minimum Gasteiger partial charge on any atom is -0.368 e. The molecule has 0 bridgehead atoms. The number of nitrogen functional groups attached to an aromatic ring is 1. The maximum atomic E-state index is 5.82. The van der Waals surface area contributed by atoms with E-state index in [0.717, 1.165) is 28.1 Å². The molecule has 3 aromatic rings. The molecule has 0 amide bonds. The van der Waals surface area contributed by atoms with Crippen LogP contribution in [0.15, 0.2) is 35.2 Å². The molecular formula is C15H16N4S2. The fraction of sp³-hybridized carbons (Fsp3) is 0.200. The molecule has 0 aliphatic rings. The van der Waals surface area contributed by atoms with E-state index in [2.05, 4.69) is 46.7 Å². The second kappa shape index (κ2) is 5.91. The average Bonchev–Trinajstić information content (AvgIpc) is 2.91. The second-order valence-corrected chi connectivity index (χ2v) is 6.56. The molecule has 0 saturated carbocycles. The maximum absolute atomic E-state index is 5.82. The van der Waals surface area contributed by atoms with Crippen molar-refractivity contribution in [3.8, 4) is 0 Å². The Bertz CT molecular complexity index is 765. The summed E-state index contributed by atoms with van der Waals surface area (Å²) in [6.45, 7) is 2.13. The van der Waals surface area contributed by atoms with Gasteiger partial charge in [-0.2, -0.15) is 4.98 Å². The third kappa shape index (κ3) is 2.96. The van der Waals surface area contributed by atoms with Crippen LogP contribution < -0.4 is 11.1 Å². The van der Waals surface area contributed by atoms with E-state index in [1.165, 1.54) is 9.77 Å². The molecule has 3 N–H and O–H groups in total. The number of rotatable bonds is 4. The Balaban J connectivity index is 2.00. The van der Waals surface area contributed by atoms with Crippen LogP contribution in [0.1, 0.15) is 11.8 Å². The molecule has 0 aliphatic heterocycles. The fourth-order valence-corrected chi connectivity index (χ4v) is 3.45. The molecule has 3 rings (SSSR count). The highest BCUT2D eigenvalue weighted by Gasteiger charge is 2.10. The molecule has 0 fully saturated rings. The molecule has 4 nitrogen and oxygen atoms in total. The normalized spacial score (nSPS) is 11.0. The van der Waals surface area contributed by atoms with Crippen molar-refractivity contribution in [1.82, 2.24) is 9.97 Å². The molecule has 21 heavy (non-hydrogen) atoms. The Hall–Kier alpha value is -1.79. The van der Waals surface area contributed by atoms with Crippen molar-refractivity contribution >= 4 is 50.8 Å². The van der Waals surface area contributed by atoms with Crippen LogP contribution in [0.5, 0.6) is 0 Å². The summed E-state index contributed by atoms with van der Waals surface area (Å²) in [7, 11) is 0. The lowest BCUT2D eigenvalue weighted by Crippen LogP contribution is -2.00. The van der Waals surface area contributed by atoms with E-state index in [-0.39, 0.29) is 0 Å². The van der Waals surface area contributed by atoms with Gasteiger partial charge in [-0.3, -0.25) is 0 Å². The quantitative estimate of drug-likeness (QED) is 0.703. The van der Waals surface area contributed by atoms with Crippen LogP contribution in [0.2, 0.25) is 0 Å². The number of anilines is 3. The lowest BCUT2D eigenvalue weighted by atomic mass is 10.3. The molecule has 6 heteroatoms. The number of hydrogen-bond acceptors (Lipinski definition) is 6. The van der Waals surface area contributed by atoms with E-state index >= 15 is 0 Å². The van der Waals surface area contributed by atoms with Crippen LogP contribution >= 0.6 is 23.1 Å². The van der Waals surface area contributed by atoms with Crippen molar-refractivity contribution in [1.29, 1.82) is 0 Å². The van der Waals surface area contributed by atoms with E-state index in [9.17, 15) is 0 Å². The third-order valence-electron chi connectivity index (χ3n) is 3.16. The molecule has 2 heterocycles. The summed E-state index contributed by atoms with van der Waals surface area (Å²) >= 11 is 3.39. The molecule has 0 unspecified atom stereocenters. The number of nitrogens with zero attached hydrogens (tertiary/aromatic N) is 2. The monoisotopic (exact) mass is 316 g/mol. The summed E-state index contributed by atoms with van der Waals surface area (Å²) in [5.41, 5.74) is 6.81. The van der Waals surface area contributed by atoms with Gasteiger partial charge in [-0.15, -0.1) is 23.1 Å². The molecule has 0 spiro atoms. The molecular weight excluding hydrogens is 300 g/mol. The van der Waals surface area contributed by atoms with Gasteiger partial charge in [0.25, 0.3) is 0 Å². The predicted molar refractivity (Wildman–Crippen MR) is 92.7 cm³/mol. The number of nitrogens with two attached hydrogens (primary N) is 1. The number of fused-ring (bicyclic) bond motifs is 1. The second-order valence-electron chi connectivity index (χ2n) is 4.57. The van der Waals surface area contributed by atoms with E-state index < -0.39 is 0 Å². The van der Waals surface area contributed by atoms with Gasteiger partial charge in [0.2, 0.25) is 5.95 Å². The van der Waals surface area contributed by atoms with Crippen molar-refractivity contribution < 1.29 is 0 Å². The van der Waals surface area contributed by atoms with Gasteiger partial charge in [0.15, 0.2) is 0 Å². The number of nitrogens with one attached hydrogen (secondary N) is 1. The van der Waals surface area contributed by atoms with Crippen LogP contribution in [-0.2, 0) is 6.42 Å². The molecule has 0 saturated heterocycles. The molecule has 0 radical (unpaired) electrons. The average molecular weight is 316 g/mol. The number of thioether (sulfide) groups is 1. The zero-order valence-electron chi connectivity index (χ0n) is 11.9. The third-order valence-corrected chi connectivity index (χ3v) is 5.08. The zero-order chi connectivity index (χ0) is 14.8. The van der Waals surface area contributed by atoms with Gasteiger partial charge in [-0.25, -0.2) is 4.98 Å². The van der Waals surface area contributed by atoms with Crippen molar-refractivity contribution in [2.75, 3.05) is 17.3 Å². The predicted octanol–water partition coefficient (Wildman–Crippen LogP) is 4.30. The summed E-state index contributed by atoms with van der Waals surface area (Å²) in [5, 5.41) is 4.37. The Morgan fingerprint density at radius 3 is 2.67 bits per heavy atom. The number of aryl methyl sites for hydroxylation is 1. The van der Waals surface area contributed by atoms with E-state index in [1.54, 1.807) is 23.1 Å². The van der Waals surface area contributed by atoms with E-state index in [4.69, 9.17) is 5.73 Å². The summed E-state index contributed by atoms with van der Waals surface area (Å²) < 4.78 is 0. The first-order valence-electron chi connectivity index (χ1n) is 6.66. The Morgan fingerprint density at radius 2 is 2.00 bits per heavy atom. The van der Waals surface area contributed by atoms with Gasteiger partial charge in [-0.05, 0) is 43.0 Å². The molecule has 1 aromatic carbocycles. The number of thiophene rings is 1. The van der Waals surface area contributed by atoms with Gasteiger partial charge in [0.1, 0.15) is 10.6 Å². The van der Waals surface area contributed by atoms with Gasteiger partial charge in [0.05, 0.1) is 5.39 Å². The fourth-order valence-electron chi connectivity index (χ4n) is 2.07. The number of benzene rings is 1. The van der Waals surface area contributed by atoms with E-state index in [1.807, 2.05) is 12.1 Å². The van der Waals surface area contributed by atoms with Crippen molar-refractivity contribution in [2.45, 2.75) is 18.2 Å². The van der Waals surface area contributed by atoms with Crippen molar-refractivity contribution in [2.24, 2.45) is 0 Å². The van der Waals surface area contributed by atoms with Gasteiger partial charge >= 0.3 is 0 Å². The Labute approximate surface area is 131 Å². The standard InChI is InChI=1S/C15H16N4S2/c1-3-10-8-12-13(18-15(16)19-14(12)21-10)17-9-4-6-11(20-2)7-5-9/h4-8H,3H2,1-2H3,(H3,16,17,18,19). The van der Waals surface area contributed by atoms with Crippen LogP contribution in [0.3, 0.4) is 0 Å². The zero-order valence-corrected chi connectivity index (χ0v) is 13.5. The first-order valence-corrected chi connectivity index (χ1v) is 8.70. The minimum atomic E-state index is 0.301. The van der Waals surface area contributed by atoms with Gasteiger partial charge in [-0.1, -0.05) is 6.92 Å². The smallest absolute Gasteiger partial charge is 0.223 e. The minimum absolute atomic E-state index is 0.301. The Morgan fingerprint density at radius 1 is 1.24 bits per heavy atom. The highest BCUT2D eigenvalue weighted by atomic mass is 32.2. The van der Waals surface area contributed by atoms with Crippen molar-refractivity contribution in [3.63, 3.8) is 0 Å². The molecule has 108 valence electrons. The highest BCUT2D eigenvalue weighted by molar-refractivity contribution is 7.98. The molecule has 0 aliphatic carbocycles. The molecule has 2 aromatic heterocycles. The SMILES string of the molecule is CCc1cc2c(Nc3ccc(SC)cc3)nc(N)nc2s1. The van der Waals surface area contributed by atoms with E-state index in [0.29, 0.717) is 5.95 Å². The summed E-state index contributed by atoms with van der Waals surface area (Å²) in [5.74, 6) is 1.07. The first-order chi connectivity index (χ1) is 10.2. The van der Waals surface area contributed by atoms with Crippen LogP contribution in [-0.4, -0.2) is 16.2 Å². The summed E-state index contributed by atoms with van der Waals surface area (Å²) in [4.78, 5) is 12.1. The van der Waals surface area contributed by atoms with Gasteiger partial charge < -0.3 is 11.1 Å². The summed E-state index contributed by atoms with van der Waals surface area (Å²) in [6.07, 6.45) is 3.05. The molecule has 0 atom stereocenters. The first kappa shape index (κ1) is 14.2.